The van der Waals surface area contributed by atoms with Crippen LogP contribution in [0, 0.1) is 0 Å². The summed E-state index contributed by atoms with van der Waals surface area (Å²) in [4.78, 5) is 0. The van der Waals surface area contributed by atoms with E-state index in [0.29, 0.717) is 6.61 Å². The maximum Gasteiger partial charge on any atom is 0.125 e. The summed E-state index contributed by atoms with van der Waals surface area (Å²) in [5.74, 6) is 2.59. The zero-order chi connectivity index (χ0) is 13.0. The molecule has 1 heterocycles. The van der Waals surface area contributed by atoms with Crippen LogP contribution < -0.4 is 10.5 Å². The average Bonchev–Trinajstić information content (AvgIpc) is 2.87. The lowest BCUT2D eigenvalue weighted by atomic mass is 10.1. The van der Waals surface area contributed by atoms with Crippen LogP contribution in [0.4, 0.5) is 0 Å². The zero-order valence-corrected chi connectivity index (χ0v) is 10.8. The van der Waals surface area contributed by atoms with E-state index in [0.717, 1.165) is 29.3 Å². The summed E-state index contributed by atoms with van der Waals surface area (Å²) in [6.45, 7) is 4.68. The van der Waals surface area contributed by atoms with Gasteiger partial charge in [-0.3, -0.25) is 0 Å². The van der Waals surface area contributed by atoms with Crippen molar-refractivity contribution in [1.82, 2.24) is 0 Å². The number of benzene rings is 1. The van der Waals surface area contributed by atoms with Crippen LogP contribution in [0.5, 0.6) is 5.75 Å². The molecule has 96 valence electrons. The Kier molecular flexibility index (Phi) is 4.05. The molecule has 0 saturated carbocycles. The first kappa shape index (κ1) is 12.7. The summed E-state index contributed by atoms with van der Waals surface area (Å²) in [7, 11) is 0. The van der Waals surface area contributed by atoms with Gasteiger partial charge in [0.05, 0.1) is 12.6 Å². The minimum Gasteiger partial charge on any atom is -0.494 e. The molecule has 0 bridgehead atoms. The van der Waals surface area contributed by atoms with Crippen LogP contribution in [0.15, 0.2) is 40.8 Å². The third-order valence-electron chi connectivity index (χ3n) is 2.87. The van der Waals surface area contributed by atoms with Gasteiger partial charge >= 0.3 is 0 Å². The fraction of sp³-hybridized carbons (Fsp3) is 0.333. The lowest BCUT2D eigenvalue weighted by Gasteiger charge is -2.11. The van der Waals surface area contributed by atoms with Crippen molar-refractivity contribution in [3.05, 3.63) is 53.5 Å². The van der Waals surface area contributed by atoms with Crippen molar-refractivity contribution in [3.63, 3.8) is 0 Å². The number of ether oxygens (including phenoxy) is 1. The van der Waals surface area contributed by atoms with Crippen LogP contribution in [0.25, 0.3) is 0 Å². The van der Waals surface area contributed by atoms with Gasteiger partial charge in [-0.15, -0.1) is 0 Å². The van der Waals surface area contributed by atoms with Crippen LogP contribution in [0.2, 0.25) is 0 Å². The van der Waals surface area contributed by atoms with E-state index in [-0.39, 0.29) is 6.04 Å². The zero-order valence-electron chi connectivity index (χ0n) is 10.8. The largest absolute Gasteiger partial charge is 0.494 e. The van der Waals surface area contributed by atoms with Crippen LogP contribution in [-0.4, -0.2) is 6.61 Å². The third kappa shape index (κ3) is 2.74. The fourth-order valence-corrected chi connectivity index (χ4v) is 1.88. The van der Waals surface area contributed by atoms with Gasteiger partial charge in [-0.25, -0.2) is 0 Å². The molecule has 2 rings (SSSR count). The molecule has 0 aliphatic carbocycles. The predicted molar refractivity (Wildman–Crippen MR) is 71.7 cm³/mol. The fourth-order valence-electron chi connectivity index (χ4n) is 1.88. The highest BCUT2D eigenvalue weighted by atomic mass is 16.5. The van der Waals surface area contributed by atoms with E-state index in [9.17, 15) is 0 Å². The summed E-state index contributed by atoms with van der Waals surface area (Å²) in [6.07, 6.45) is 0.881. The summed E-state index contributed by atoms with van der Waals surface area (Å²) in [5.41, 5.74) is 7.20. The van der Waals surface area contributed by atoms with E-state index >= 15 is 0 Å². The molecule has 0 spiro atoms. The topological polar surface area (TPSA) is 48.4 Å². The smallest absolute Gasteiger partial charge is 0.125 e. The Morgan fingerprint density at radius 3 is 2.72 bits per heavy atom. The van der Waals surface area contributed by atoms with Crippen LogP contribution in [0.1, 0.15) is 37.0 Å². The SMILES string of the molecule is CCOc1cccc(C(N)c2ccc(CC)o2)c1. The second kappa shape index (κ2) is 5.74. The van der Waals surface area contributed by atoms with E-state index in [1.165, 1.54) is 0 Å². The first-order valence-corrected chi connectivity index (χ1v) is 6.31. The Morgan fingerprint density at radius 1 is 1.22 bits per heavy atom. The Labute approximate surface area is 108 Å². The molecule has 1 atom stereocenters. The molecule has 2 N–H and O–H groups in total. The van der Waals surface area contributed by atoms with Crippen molar-refractivity contribution in [1.29, 1.82) is 0 Å². The van der Waals surface area contributed by atoms with Crippen molar-refractivity contribution in [2.24, 2.45) is 5.73 Å². The first-order valence-electron chi connectivity index (χ1n) is 6.31. The second-order valence-corrected chi connectivity index (χ2v) is 4.14. The number of nitrogens with two attached hydrogens (primary N) is 1. The molecule has 2 aromatic rings. The maximum absolute atomic E-state index is 6.20. The molecule has 0 saturated heterocycles. The average molecular weight is 245 g/mol. The van der Waals surface area contributed by atoms with Gasteiger partial charge in [0.25, 0.3) is 0 Å². The molecule has 0 aliphatic rings. The van der Waals surface area contributed by atoms with Crippen molar-refractivity contribution in [2.45, 2.75) is 26.3 Å². The molecular formula is C15H19NO2. The van der Waals surface area contributed by atoms with Crippen LogP contribution in [-0.2, 0) is 6.42 Å². The predicted octanol–water partition coefficient (Wildman–Crippen LogP) is 3.29. The first-order chi connectivity index (χ1) is 8.74. The lowest BCUT2D eigenvalue weighted by Crippen LogP contribution is -2.11. The molecule has 0 fully saturated rings. The minimum absolute atomic E-state index is 0.245. The van der Waals surface area contributed by atoms with Gasteiger partial charge in [-0.2, -0.15) is 0 Å². The van der Waals surface area contributed by atoms with Crippen LogP contribution in [0.3, 0.4) is 0 Å². The molecule has 18 heavy (non-hydrogen) atoms. The highest BCUT2D eigenvalue weighted by molar-refractivity contribution is 5.34. The molecule has 0 radical (unpaired) electrons. The van der Waals surface area contributed by atoms with Gasteiger partial charge in [0.15, 0.2) is 0 Å². The Hall–Kier alpha value is -1.74. The van der Waals surface area contributed by atoms with Gasteiger partial charge in [0.2, 0.25) is 0 Å². The Morgan fingerprint density at radius 2 is 2.06 bits per heavy atom. The number of furan rings is 1. The van der Waals surface area contributed by atoms with Gasteiger partial charge in [-0.1, -0.05) is 19.1 Å². The molecule has 1 aromatic carbocycles. The number of rotatable bonds is 5. The lowest BCUT2D eigenvalue weighted by molar-refractivity contribution is 0.339. The van der Waals surface area contributed by atoms with E-state index in [4.69, 9.17) is 14.9 Å². The van der Waals surface area contributed by atoms with Crippen molar-refractivity contribution < 1.29 is 9.15 Å². The van der Waals surface area contributed by atoms with Gasteiger partial charge in [0.1, 0.15) is 17.3 Å². The van der Waals surface area contributed by atoms with E-state index in [1.807, 2.05) is 43.3 Å². The quantitative estimate of drug-likeness (QED) is 0.879. The molecule has 1 unspecified atom stereocenters. The van der Waals surface area contributed by atoms with Crippen molar-refractivity contribution in [3.8, 4) is 5.75 Å². The van der Waals surface area contributed by atoms with Crippen molar-refractivity contribution >= 4 is 0 Å². The highest BCUT2D eigenvalue weighted by Crippen LogP contribution is 2.24. The molecular weight excluding hydrogens is 226 g/mol. The van der Waals surface area contributed by atoms with E-state index < -0.39 is 0 Å². The number of hydrogen-bond donors (Lipinski definition) is 1. The highest BCUT2D eigenvalue weighted by Gasteiger charge is 2.13. The van der Waals surface area contributed by atoms with Gasteiger partial charge in [0, 0.05) is 6.42 Å². The van der Waals surface area contributed by atoms with E-state index in [1.54, 1.807) is 0 Å². The monoisotopic (exact) mass is 245 g/mol. The minimum atomic E-state index is -0.245. The summed E-state index contributed by atoms with van der Waals surface area (Å²) in [5, 5.41) is 0. The van der Waals surface area contributed by atoms with Gasteiger partial charge in [-0.05, 0) is 36.8 Å². The summed E-state index contributed by atoms with van der Waals surface area (Å²) >= 11 is 0. The molecule has 3 heteroatoms. The maximum atomic E-state index is 6.20. The molecule has 1 aromatic heterocycles. The summed E-state index contributed by atoms with van der Waals surface area (Å²) < 4.78 is 11.2. The molecule has 0 amide bonds. The number of hydrogen-bond acceptors (Lipinski definition) is 3. The standard InChI is InChI=1S/C15H19NO2/c1-3-12-8-9-14(18-12)15(16)11-6-5-7-13(10-11)17-4-2/h5-10,15H,3-4,16H2,1-2H3. The summed E-state index contributed by atoms with van der Waals surface area (Å²) in [6, 6.07) is 11.5. The molecule has 0 aliphatic heterocycles. The van der Waals surface area contributed by atoms with Crippen molar-refractivity contribution in [2.75, 3.05) is 6.61 Å². The number of aryl methyl sites for hydroxylation is 1. The third-order valence-corrected chi connectivity index (χ3v) is 2.87. The normalized spacial score (nSPS) is 12.4. The second-order valence-electron chi connectivity index (χ2n) is 4.14. The van der Waals surface area contributed by atoms with Gasteiger partial charge < -0.3 is 14.9 Å². The van der Waals surface area contributed by atoms with Crippen LogP contribution >= 0.6 is 0 Å². The Balaban J connectivity index is 2.21. The Bertz CT molecular complexity index is 505. The van der Waals surface area contributed by atoms with E-state index in [2.05, 4.69) is 6.92 Å². The molecule has 3 nitrogen and oxygen atoms in total.